The van der Waals surface area contributed by atoms with Crippen LogP contribution in [0.4, 0.5) is 0 Å². The van der Waals surface area contributed by atoms with Crippen LogP contribution in [0.3, 0.4) is 0 Å². The molecular weight excluding hydrogens is 152 g/mol. The first-order valence-corrected chi connectivity index (χ1v) is 3.39. The third kappa shape index (κ3) is 1.52. The lowest BCUT2D eigenvalue weighted by molar-refractivity contribution is -0.180. The van der Waals surface area contributed by atoms with E-state index in [2.05, 4.69) is 0 Å². The summed E-state index contributed by atoms with van der Waals surface area (Å²) in [7, 11) is 0. The summed E-state index contributed by atoms with van der Waals surface area (Å²) in [6.45, 7) is -0.810. The second-order valence-corrected chi connectivity index (χ2v) is 2.78. The molecule has 1 heterocycles. The van der Waals surface area contributed by atoms with Crippen molar-refractivity contribution < 1.29 is 25.2 Å². The molecule has 0 amide bonds. The standard InChI is InChI=1S/C6H12O5/c7-2-6(3-8)1-4(9)5(10)11-6/h4-5,7-10H,1-3H2. The minimum absolute atomic E-state index is 0.0567. The normalized spacial score (nSPS) is 36.0. The lowest BCUT2D eigenvalue weighted by Crippen LogP contribution is -2.37. The van der Waals surface area contributed by atoms with E-state index in [1.807, 2.05) is 0 Å². The van der Waals surface area contributed by atoms with Gasteiger partial charge >= 0.3 is 0 Å². The van der Waals surface area contributed by atoms with Gasteiger partial charge in [0, 0.05) is 6.42 Å². The molecule has 1 rings (SSSR count). The zero-order valence-corrected chi connectivity index (χ0v) is 5.97. The SMILES string of the molecule is OCC1(CO)CC(O)C(O)O1. The molecule has 1 aliphatic heterocycles. The minimum atomic E-state index is -1.30. The summed E-state index contributed by atoms with van der Waals surface area (Å²) in [5, 5.41) is 35.4. The maximum atomic E-state index is 9.00. The Bertz CT molecular complexity index is 121. The van der Waals surface area contributed by atoms with Gasteiger partial charge in [-0.1, -0.05) is 0 Å². The first-order chi connectivity index (χ1) is 5.13. The molecule has 0 spiro atoms. The first-order valence-electron chi connectivity index (χ1n) is 3.39. The first kappa shape index (κ1) is 8.89. The highest BCUT2D eigenvalue weighted by Gasteiger charge is 2.44. The Hall–Kier alpha value is -0.200. The monoisotopic (exact) mass is 164 g/mol. The Labute approximate surface area is 63.8 Å². The van der Waals surface area contributed by atoms with E-state index in [4.69, 9.17) is 25.2 Å². The van der Waals surface area contributed by atoms with Crippen LogP contribution < -0.4 is 0 Å². The van der Waals surface area contributed by atoms with Gasteiger partial charge in [-0.3, -0.25) is 0 Å². The second-order valence-electron chi connectivity index (χ2n) is 2.78. The molecule has 0 saturated carbocycles. The number of rotatable bonds is 2. The van der Waals surface area contributed by atoms with Gasteiger partial charge in [0.2, 0.25) is 0 Å². The smallest absolute Gasteiger partial charge is 0.181 e. The van der Waals surface area contributed by atoms with Gasteiger partial charge in [-0.05, 0) is 0 Å². The van der Waals surface area contributed by atoms with Crippen molar-refractivity contribution in [2.75, 3.05) is 13.2 Å². The number of hydrogen-bond donors (Lipinski definition) is 4. The third-order valence-corrected chi connectivity index (χ3v) is 1.86. The van der Waals surface area contributed by atoms with E-state index in [9.17, 15) is 0 Å². The number of aliphatic hydroxyl groups is 4. The van der Waals surface area contributed by atoms with Crippen LogP contribution in [0.2, 0.25) is 0 Å². The van der Waals surface area contributed by atoms with Crippen LogP contribution in [0.25, 0.3) is 0 Å². The van der Waals surface area contributed by atoms with Crippen molar-refractivity contribution in [2.24, 2.45) is 0 Å². The zero-order chi connectivity index (χ0) is 8.48. The molecule has 0 aliphatic carbocycles. The Kier molecular flexibility index (Phi) is 2.46. The quantitative estimate of drug-likeness (QED) is 0.372. The molecule has 4 N–H and O–H groups in total. The lowest BCUT2D eigenvalue weighted by Gasteiger charge is -2.22. The molecule has 1 aliphatic rings. The molecule has 1 fully saturated rings. The van der Waals surface area contributed by atoms with Crippen LogP contribution in [-0.2, 0) is 4.74 Å². The molecule has 11 heavy (non-hydrogen) atoms. The summed E-state index contributed by atoms with van der Waals surface area (Å²) in [6.07, 6.45) is -2.26. The Morgan fingerprint density at radius 1 is 1.27 bits per heavy atom. The van der Waals surface area contributed by atoms with Gasteiger partial charge in [-0.2, -0.15) is 0 Å². The fourth-order valence-electron chi connectivity index (χ4n) is 1.12. The van der Waals surface area contributed by atoms with Crippen LogP contribution in [0.15, 0.2) is 0 Å². The predicted octanol–water partition coefficient (Wildman–Crippen LogP) is -2.19. The van der Waals surface area contributed by atoms with Gasteiger partial charge in [-0.25, -0.2) is 0 Å². The molecule has 0 bridgehead atoms. The third-order valence-electron chi connectivity index (χ3n) is 1.86. The van der Waals surface area contributed by atoms with Gasteiger partial charge in [-0.15, -0.1) is 0 Å². The van der Waals surface area contributed by atoms with Gasteiger partial charge in [0.15, 0.2) is 6.29 Å². The highest BCUT2D eigenvalue weighted by molar-refractivity contribution is 4.89. The summed E-state index contributed by atoms with van der Waals surface area (Å²) >= 11 is 0. The number of aliphatic hydroxyl groups excluding tert-OH is 4. The Balaban J connectivity index is 2.61. The van der Waals surface area contributed by atoms with Crippen molar-refractivity contribution >= 4 is 0 Å². The summed E-state index contributed by atoms with van der Waals surface area (Å²) in [6, 6.07) is 0. The molecule has 5 nitrogen and oxygen atoms in total. The maximum absolute atomic E-state index is 9.00. The van der Waals surface area contributed by atoms with Crippen molar-refractivity contribution in [1.29, 1.82) is 0 Å². The summed E-state index contributed by atoms with van der Waals surface area (Å²) in [5.41, 5.74) is -1.17. The summed E-state index contributed by atoms with van der Waals surface area (Å²) in [5.74, 6) is 0. The highest BCUT2D eigenvalue weighted by Crippen LogP contribution is 2.28. The van der Waals surface area contributed by atoms with E-state index < -0.39 is 31.2 Å². The molecular formula is C6H12O5. The van der Waals surface area contributed by atoms with Gasteiger partial charge in [0.05, 0.1) is 13.2 Å². The van der Waals surface area contributed by atoms with Crippen LogP contribution in [0.5, 0.6) is 0 Å². The van der Waals surface area contributed by atoms with Crippen molar-refractivity contribution in [3.05, 3.63) is 0 Å². The number of hydrogen-bond acceptors (Lipinski definition) is 5. The molecule has 0 aromatic heterocycles. The van der Waals surface area contributed by atoms with E-state index in [0.29, 0.717) is 0 Å². The van der Waals surface area contributed by atoms with E-state index in [1.54, 1.807) is 0 Å². The average Bonchev–Trinajstić information content (AvgIpc) is 2.29. The molecule has 5 heteroatoms. The zero-order valence-electron chi connectivity index (χ0n) is 5.97. The van der Waals surface area contributed by atoms with Crippen LogP contribution in [-0.4, -0.2) is 51.6 Å². The minimum Gasteiger partial charge on any atom is -0.393 e. The van der Waals surface area contributed by atoms with Crippen LogP contribution in [0.1, 0.15) is 6.42 Å². The summed E-state index contributed by atoms with van der Waals surface area (Å²) < 4.78 is 4.77. The fourth-order valence-corrected chi connectivity index (χ4v) is 1.12. The van der Waals surface area contributed by atoms with Crippen LogP contribution in [0, 0.1) is 0 Å². The predicted molar refractivity (Wildman–Crippen MR) is 34.6 cm³/mol. The molecule has 0 aromatic rings. The highest BCUT2D eigenvalue weighted by atomic mass is 16.6. The average molecular weight is 164 g/mol. The van der Waals surface area contributed by atoms with Crippen molar-refractivity contribution in [2.45, 2.75) is 24.4 Å². The van der Waals surface area contributed by atoms with Crippen LogP contribution >= 0.6 is 0 Å². The molecule has 0 aromatic carbocycles. The van der Waals surface area contributed by atoms with Gasteiger partial charge < -0.3 is 25.2 Å². The number of ether oxygens (including phenoxy) is 1. The Morgan fingerprint density at radius 2 is 1.82 bits per heavy atom. The van der Waals surface area contributed by atoms with E-state index >= 15 is 0 Å². The van der Waals surface area contributed by atoms with Gasteiger partial charge in [0.1, 0.15) is 11.7 Å². The van der Waals surface area contributed by atoms with Crippen molar-refractivity contribution in [3.63, 3.8) is 0 Å². The summed E-state index contributed by atoms with van der Waals surface area (Å²) in [4.78, 5) is 0. The second kappa shape index (κ2) is 3.04. The molecule has 0 radical (unpaired) electrons. The van der Waals surface area contributed by atoms with Crippen molar-refractivity contribution in [1.82, 2.24) is 0 Å². The maximum Gasteiger partial charge on any atom is 0.181 e. The molecule has 2 unspecified atom stereocenters. The van der Waals surface area contributed by atoms with Crippen molar-refractivity contribution in [3.8, 4) is 0 Å². The largest absolute Gasteiger partial charge is 0.393 e. The van der Waals surface area contributed by atoms with E-state index in [0.717, 1.165) is 0 Å². The topological polar surface area (TPSA) is 90.2 Å². The van der Waals surface area contributed by atoms with E-state index in [1.165, 1.54) is 0 Å². The lowest BCUT2D eigenvalue weighted by atomic mass is 10.0. The molecule has 2 atom stereocenters. The molecule has 66 valence electrons. The molecule has 1 saturated heterocycles. The van der Waals surface area contributed by atoms with E-state index in [-0.39, 0.29) is 6.42 Å². The Morgan fingerprint density at radius 3 is 2.00 bits per heavy atom. The van der Waals surface area contributed by atoms with Gasteiger partial charge in [0.25, 0.3) is 0 Å². The fraction of sp³-hybridized carbons (Fsp3) is 1.00.